The molecule has 3 heterocycles. The van der Waals surface area contributed by atoms with Gasteiger partial charge in [0.1, 0.15) is 11.2 Å². The van der Waals surface area contributed by atoms with Crippen LogP contribution in [0, 0.1) is 0 Å². The lowest BCUT2D eigenvalue weighted by molar-refractivity contribution is -0.141. The maximum atomic E-state index is 13.3. The average molecular weight is 435 g/mol. The molecule has 4 rings (SSSR count). The van der Waals surface area contributed by atoms with Gasteiger partial charge in [0.15, 0.2) is 0 Å². The molecular weight excluding hydrogens is 416 g/mol. The predicted octanol–water partition coefficient (Wildman–Crippen LogP) is 2.89. The maximum absolute atomic E-state index is 13.3. The smallest absolute Gasteiger partial charge is 0.336 e. The summed E-state index contributed by atoms with van der Waals surface area (Å²) in [4.78, 5) is 39.6. The molecule has 0 bridgehead atoms. The molecule has 2 aromatic heterocycles. The van der Waals surface area contributed by atoms with Gasteiger partial charge in [-0.2, -0.15) is 0 Å². The van der Waals surface area contributed by atoms with E-state index >= 15 is 0 Å². The SMILES string of the molecule is COC(=O)Cn1c(=O)n(-c2ccc(Cl)cc2)c(=O)c2sc3c(c21)COC(C)(C)C3. The lowest BCUT2D eigenvalue weighted by atomic mass is 9.98. The van der Waals surface area contributed by atoms with E-state index in [0.29, 0.717) is 27.3 Å². The first-order chi connectivity index (χ1) is 13.7. The first kappa shape index (κ1) is 19.9. The van der Waals surface area contributed by atoms with Crippen LogP contribution in [0.4, 0.5) is 0 Å². The fourth-order valence-electron chi connectivity index (χ4n) is 3.49. The monoisotopic (exact) mass is 434 g/mol. The van der Waals surface area contributed by atoms with E-state index in [-0.39, 0.29) is 18.8 Å². The molecule has 0 fully saturated rings. The number of esters is 1. The van der Waals surface area contributed by atoms with Crippen molar-refractivity contribution in [1.82, 2.24) is 9.13 Å². The molecule has 0 amide bonds. The molecule has 1 aliphatic rings. The molecule has 0 spiro atoms. The minimum atomic E-state index is -0.611. The number of carbonyl (C=O) groups excluding carboxylic acids is 1. The van der Waals surface area contributed by atoms with Gasteiger partial charge in [-0.05, 0) is 38.1 Å². The van der Waals surface area contributed by atoms with Gasteiger partial charge < -0.3 is 9.47 Å². The molecule has 0 aliphatic carbocycles. The van der Waals surface area contributed by atoms with E-state index in [9.17, 15) is 14.4 Å². The first-order valence-electron chi connectivity index (χ1n) is 8.98. The molecular formula is C20H19ClN2O5S. The number of rotatable bonds is 3. The summed E-state index contributed by atoms with van der Waals surface area (Å²) in [5.74, 6) is -0.577. The van der Waals surface area contributed by atoms with E-state index in [2.05, 4.69) is 0 Å². The normalized spacial score (nSPS) is 15.3. The van der Waals surface area contributed by atoms with Crippen LogP contribution in [0.1, 0.15) is 24.3 Å². The Hall–Kier alpha value is -2.42. The molecule has 1 aromatic carbocycles. The van der Waals surface area contributed by atoms with Gasteiger partial charge in [-0.1, -0.05) is 11.6 Å². The van der Waals surface area contributed by atoms with Crippen molar-refractivity contribution in [2.75, 3.05) is 7.11 Å². The Kier molecular flexibility index (Phi) is 4.88. The van der Waals surface area contributed by atoms with Crippen LogP contribution >= 0.6 is 22.9 Å². The summed E-state index contributed by atoms with van der Waals surface area (Å²) in [5.41, 5.74) is 0.215. The van der Waals surface area contributed by atoms with Crippen molar-refractivity contribution in [1.29, 1.82) is 0 Å². The van der Waals surface area contributed by atoms with Gasteiger partial charge in [-0.25, -0.2) is 9.36 Å². The maximum Gasteiger partial charge on any atom is 0.336 e. The second-order valence-electron chi connectivity index (χ2n) is 7.47. The predicted molar refractivity (Wildman–Crippen MR) is 111 cm³/mol. The lowest BCUT2D eigenvalue weighted by Gasteiger charge is -2.30. The number of thiophene rings is 1. The summed E-state index contributed by atoms with van der Waals surface area (Å²) < 4.78 is 13.5. The average Bonchev–Trinajstić information content (AvgIpc) is 3.04. The summed E-state index contributed by atoms with van der Waals surface area (Å²) in [6.45, 7) is 3.93. The highest BCUT2D eigenvalue weighted by Gasteiger charge is 2.32. The third-order valence-electron chi connectivity index (χ3n) is 4.95. The molecule has 0 saturated carbocycles. The Bertz CT molecular complexity index is 1240. The third-order valence-corrected chi connectivity index (χ3v) is 6.41. The van der Waals surface area contributed by atoms with E-state index in [1.54, 1.807) is 24.3 Å². The first-order valence-corrected chi connectivity index (χ1v) is 10.2. The Balaban J connectivity index is 2.06. The molecule has 0 saturated heterocycles. The zero-order chi connectivity index (χ0) is 20.9. The van der Waals surface area contributed by atoms with Crippen LogP contribution in [0.3, 0.4) is 0 Å². The Labute approximate surface area is 175 Å². The van der Waals surface area contributed by atoms with Crippen molar-refractivity contribution in [3.8, 4) is 5.69 Å². The highest BCUT2D eigenvalue weighted by molar-refractivity contribution is 7.19. The molecule has 152 valence electrons. The van der Waals surface area contributed by atoms with E-state index in [4.69, 9.17) is 21.1 Å². The van der Waals surface area contributed by atoms with Gasteiger partial charge in [0, 0.05) is 21.9 Å². The number of aromatic nitrogens is 2. The Morgan fingerprint density at radius 2 is 1.97 bits per heavy atom. The van der Waals surface area contributed by atoms with E-state index in [1.807, 2.05) is 13.8 Å². The van der Waals surface area contributed by atoms with Gasteiger partial charge >= 0.3 is 11.7 Å². The van der Waals surface area contributed by atoms with Crippen molar-refractivity contribution >= 4 is 39.1 Å². The molecule has 9 heteroatoms. The second kappa shape index (κ2) is 7.12. The summed E-state index contributed by atoms with van der Waals surface area (Å²) >= 11 is 7.29. The number of nitrogens with zero attached hydrogens (tertiary/aromatic N) is 2. The van der Waals surface area contributed by atoms with Gasteiger partial charge in [-0.15, -0.1) is 11.3 Å². The van der Waals surface area contributed by atoms with Gasteiger partial charge in [0.2, 0.25) is 0 Å². The van der Waals surface area contributed by atoms with Crippen molar-refractivity contribution in [2.24, 2.45) is 0 Å². The van der Waals surface area contributed by atoms with Crippen molar-refractivity contribution in [2.45, 2.75) is 39.0 Å². The zero-order valence-electron chi connectivity index (χ0n) is 16.2. The number of benzene rings is 1. The number of fused-ring (bicyclic) bond motifs is 3. The van der Waals surface area contributed by atoms with Crippen LogP contribution in [-0.4, -0.2) is 27.8 Å². The molecule has 29 heavy (non-hydrogen) atoms. The van der Waals surface area contributed by atoms with E-state index < -0.39 is 17.2 Å². The highest BCUT2D eigenvalue weighted by atomic mass is 35.5. The van der Waals surface area contributed by atoms with Crippen LogP contribution < -0.4 is 11.2 Å². The summed E-state index contributed by atoms with van der Waals surface area (Å²) in [6.07, 6.45) is 0.620. The minimum Gasteiger partial charge on any atom is -0.468 e. The van der Waals surface area contributed by atoms with E-state index in [1.165, 1.54) is 23.0 Å². The second-order valence-corrected chi connectivity index (χ2v) is 9.01. The summed E-state index contributed by atoms with van der Waals surface area (Å²) in [5, 5.41) is 0.490. The quantitative estimate of drug-likeness (QED) is 0.592. The largest absolute Gasteiger partial charge is 0.468 e. The van der Waals surface area contributed by atoms with Crippen molar-refractivity contribution in [3.63, 3.8) is 0 Å². The topological polar surface area (TPSA) is 79.5 Å². The van der Waals surface area contributed by atoms with Crippen LogP contribution in [0.2, 0.25) is 5.02 Å². The van der Waals surface area contributed by atoms with Crippen LogP contribution in [0.25, 0.3) is 15.9 Å². The van der Waals surface area contributed by atoms with Crippen LogP contribution in [-0.2, 0) is 33.8 Å². The number of hydrogen-bond donors (Lipinski definition) is 0. The Morgan fingerprint density at radius 1 is 1.28 bits per heavy atom. The van der Waals surface area contributed by atoms with Gasteiger partial charge in [0.05, 0.1) is 30.5 Å². The van der Waals surface area contributed by atoms with Gasteiger partial charge in [-0.3, -0.25) is 14.2 Å². The number of hydrogen-bond acceptors (Lipinski definition) is 6. The zero-order valence-corrected chi connectivity index (χ0v) is 17.7. The fourth-order valence-corrected chi connectivity index (χ4v) is 5.07. The van der Waals surface area contributed by atoms with E-state index in [0.717, 1.165) is 15.0 Å². The highest BCUT2D eigenvalue weighted by Crippen LogP contribution is 2.37. The standard InChI is InChI=1S/C20H19ClN2O5S/c1-20(2)8-14-13(10-28-20)16-17(29-14)18(25)23(12-6-4-11(21)5-7-12)19(26)22(16)9-15(24)27-3/h4-7H,8-10H2,1-3H3. The van der Waals surface area contributed by atoms with Crippen LogP contribution in [0.5, 0.6) is 0 Å². The number of ether oxygens (including phenoxy) is 2. The van der Waals surface area contributed by atoms with Crippen LogP contribution in [0.15, 0.2) is 33.9 Å². The fraction of sp³-hybridized carbons (Fsp3) is 0.350. The molecule has 1 aliphatic heterocycles. The summed E-state index contributed by atoms with van der Waals surface area (Å²) in [7, 11) is 1.26. The molecule has 3 aromatic rings. The lowest BCUT2D eigenvalue weighted by Crippen LogP contribution is -2.40. The van der Waals surface area contributed by atoms with Crippen molar-refractivity contribution in [3.05, 3.63) is 60.6 Å². The number of methoxy groups -OCH3 is 1. The number of halogens is 1. The molecule has 7 nitrogen and oxygen atoms in total. The summed E-state index contributed by atoms with van der Waals surface area (Å²) in [6, 6.07) is 6.40. The Morgan fingerprint density at radius 3 is 2.62 bits per heavy atom. The molecule has 0 atom stereocenters. The third kappa shape index (κ3) is 3.41. The minimum absolute atomic E-state index is 0.271. The number of carbonyl (C=O) groups is 1. The molecule has 0 radical (unpaired) electrons. The molecule has 0 N–H and O–H groups in total. The van der Waals surface area contributed by atoms with Crippen molar-refractivity contribution < 1.29 is 14.3 Å². The molecule has 0 unspecified atom stereocenters. The van der Waals surface area contributed by atoms with Gasteiger partial charge in [0.25, 0.3) is 5.56 Å².